The van der Waals surface area contributed by atoms with E-state index in [9.17, 15) is 0 Å². The standard InChI is InChI=1S/C16H17N/c1-10-8-9-14-13-7-5-6-11(2)15(13)17(4)16(14)12(10)3/h5-9H,1-4H3. The Hall–Kier alpha value is -1.76. The Morgan fingerprint density at radius 2 is 1.47 bits per heavy atom. The molecule has 1 heterocycles. The Morgan fingerprint density at radius 3 is 2.24 bits per heavy atom. The second-order valence-electron chi connectivity index (χ2n) is 4.93. The summed E-state index contributed by atoms with van der Waals surface area (Å²) in [7, 11) is 2.17. The van der Waals surface area contributed by atoms with Crippen LogP contribution in [0.4, 0.5) is 0 Å². The molecule has 0 atom stereocenters. The molecule has 3 aromatic rings. The van der Waals surface area contributed by atoms with Crippen LogP contribution in [-0.4, -0.2) is 4.57 Å². The van der Waals surface area contributed by atoms with E-state index in [0.717, 1.165) is 0 Å². The van der Waals surface area contributed by atoms with Crippen LogP contribution in [0.25, 0.3) is 21.8 Å². The second-order valence-corrected chi connectivity index (χ2v) is 4.93. The van der Waals surface area contributed by atoms with Crippen LogP contribution in [0.2, 0.25) is 0 Å². The lowest BCUT2D eigenvalue weighted by molar-refractivity contribution is 1.00. The summed E-state index contributed by atoms with van der Waals surface area (Å²) in [5.74, 6) is 0. The van der Waals surface area contributed by atoms with Gasteiger partial charge in [-0.1, -0.05) is 30.3 Å². The van der Waals surface area contributed by atoms with Crippen molar-refractivity contribution in [3.05, 3.63) is 47.0 Å². The number of benzene rings is 2. The maximum absolute atomic E-state index is 2.34. The van der Waals surface area contributed by atoms with Crippen LogP contribution in [0.15, 0.2) is 30.3 Å². The number of aromatic nitrogens is 1. The summed E-state index contributed by atoms with van der Waals surface area (Å²) in [6.45, 7) is 6.58. The highest BCUT2D eigenvalue weighted by Crippen LogP contribution is 2.32. The number of fused-ring (bicyclic) bond motifs is 3. The van der Waals surface area contributed by atoms with E-state index in [0.29, 0.717) is 0 Å². The van der Waals surface area contributed by atoms with Gasteiger partial charge in [0.15, 0.2) is 0 Å². The van der Waals surface area contributed by atoms with Crippen molar-refractivity contribution < 1.29 is 0 Å². The molecule has 0 fully saturated rings. The average molecular weight is 223 g/mol. The summed E-state index contributed by atoms with van der Waals surface area (Å²) in [6, 6.07) is 11.0. The normalized spacial score (nSPS) is 11.5. The highest BCUT2D eigenvalue weighted by molar-refractivity contribution is 6.10. The smallest absolute Gasteiger partial charge is 0.0521 e. The van der Waals surface area contributed by atoms with Crippen molar-refractivity contribution in [1.82, 2.24) is 4.57 Å². The molecule has 2 aromatic carbocycles. The fourth-order valence-electron chi connectivity index (χ4n) is 2.88. The van der Waals surface area contributed by atoms with Crippen molar-refractivity contribution >= 4 is 21.8 Å². The molecule has 0 N–H and O–H groups in total. The number of hydrogen-bond acceptors (Lipinski definition) is 0. The van der Waals surface area contributed by atoms with Gasteiger partial charge < -0.3 is 4.57 Å². The molecule has 1 nitrogen and oxygen atoms in total. The molecule has 17 heavy (non-hydrogen) atoms. The van der Waals surface area contributed by atoms with E-state index in [-0.39, 0.29) is 0 Å². The Labute approximate surface area is 102 Å². The summed E-state index contributed by atoms with van der Waals surface area (Å²) < 4.78 is 2.34. The number of rotatable bonds is 0. The molecule has 0 radical (unpaired) electrons. The minimum atomic E-state index is 1.35. The molecule has 1 aromatic heterocycles. The summed E-state index contributed by atoms with van der Waals surface area (Å²) in [6.07, 6.45) is 0. The van der Waals surface area contributed by atoms with Crippen LogP contribution >= 0.6 is 0 Å². The number of para-hydroxylation sites is 1. The molecule has 0 bridgehead atoms. The first-order valence-electron chi connectivity index (χ1n) is 6.05. The van der Waals surface area contributed by atoms with Crippen LogP contribution in [-0.2, 0) is 7.05 Å². The maximum Gasteiger partial charge on any atom is 0.0521 e. The van der Waals surface area contributed by atoms with Crippen molar-refractivity contribution in [2.24, 2.45) is 7.05 Å². The maximum atomic E-state index is 2.34. The minimum Gasteiger partial charge on any atom is -0.343 e. The van der Waals surface area contributed by atoms with Crippen LogP contribution < -0.4 is 0 Å². The fourth-order valence-corrected chi connectivity index (χ4v) is 2.88. The molecule has 0 unspecified atom stereocenters. The number of nitrogens with zero attached hydrogens (tertiary/aromatic N) is 1. The van der Waals surface area contributed by atoms with Crippen LogP contribution in [0.5, 0.6) is 0 Å². The van der Waals surface area contributed by atoms with Crippen LogP contribution in [0.3, 0.4) is 0 Å². The minimum absolute atomic E-state index is 1.35. The van der Waals surface area contributed by atoms with E-state index in [4.69, 9.17) is 0 Å². The van der Waals surface area contributed by atoms with Gasteiger partial charge in [-0.3, -0.25) is 0 Å². The monoisotopic (exact) mass is 223 g/mol. The molecule has 3 rings (SSSR count). The first kappa shape index (κ1) is 10.4. The lowest BCUT2D eigenvalue weighted by Gasteiger charge is -2.05. The van der Waals surface area contributed by atoms with Crippen molar-refractivity contribution in [2.45, 2.75) is 20.8 Å². The van der Waals surface area contributed by atoms with Gasteiger partial charge in [0.25, 0.3) is 0 Å². The van der Waals surface area contributed by atoms with E-state index in [1.807, 2.05) is 0 Å². The van der Waals surface area contributed by atoms with Gasteiger partial charge in [0, 0.05) is 17.8 Å². The van der Waals surface area contributed by atoms with E-state index in [1.54, 1.807) is 0 Å². The van der Waals surface area contributed by atoms with Gasteiger partial charge in [0.1, 0.15) is 0 Å². The van der Waals surface area contributed by atoms with Gasteiger partial charge >= 0.3 is 0 Å². The van der Waals surface area contributed by atoms with Crippen molar-refractivity contribution in [3.8, 4) is 0 Å². The zero-order valence-corrected chi connectivity index (χ0v) is 10.8. The first-order chi connectivity index (χ1) is 8.11. The lowest BCUT2D eigenvalue weighted by Crippen LogP contribution is -1.92. The summed E-state index contributed by atoms with van der Waals surface area (Å²) in [4.78, 5) is 0. The highest BCUT2D eigenvalue weighted by atomic mass is 14.9. The molecule has 0 saturated heterocycles. The first-order valence-corrected chi connectivity index (χ1v) is 6.05. The predicted octanol–water partition coefficient (Wildman–Crippen LogP) is 4.26. The molecule has 0 aliphatic heterocycles. The molecule has 1 heteroatoms. The summed E-state index contributed by atoms with van der Waals surface area (Å²) in [5.41, 5.74) is 6.82. The van der Waals surface area contributed by atoms with Gasteiger partial charge in [-0.05, 0) is 37.5 Å². The Morgan fingerprint density at radius 1 is 0.765 bits per heavy atom. The molecule has 0 saturated carbocycles. The molecule has 0 aliphatic rings. The highest BCUT2D eigenvalue weighted by Gasteiger charge is 2.12. The van der Waals surface area contributed by atoms with Gasteiger partial charge in [0.2, 0.25) is 0 Å². The Kier molecular flexibility index (Phi) is 2.06. The Bertz CT molecular complexity index is 732. The SMILES string of the molecule is Cc1ccc2c3cccc(C)c3n(C)c2c1C. The van der Waals surface area contributed by atoms with Gasteiger partial charge in [-0.15, -0.1) is 0 Å². The molecule has 86 valence electrons. The second kappa shape index (κ2) is 3.36. The van der Waals surface area contributed by atoms with Gasteiger partial charge in [-0.2, -0.15) is 0 Å². The predicted molar refractivity (Wildman–Crippen MR) is 74.6 cm³/mol. The third-order valence-corrected chi connectivity index (χ3v) is 3.90. The fraction of sp³-hybridized carbons (Fsp3) is 0.250. The van der Waals surface area contributed by atoms with E-state index in [1.165, 1.54) is 38.5 Å². The third-order valence-electron chi connectivity index (χ3n) is 3.90. The van der Waals surface area contributed by atoms with Crippen LogP contribution in [0.1, 0.15) is 16.7 Å². The third kappa shape index (κ3) is 1.25. The summed E-state index contributed by atoms with van der Waals surface area (Å²) >= 11 is 0. The van der Waals surface area contributed by atoms with E-state index < -0.39 is 0 Å². The Balaban J connectivity index is 2.68. The van der Waals surface area contributed by atoms with Crippen molar-refractivity contribution in [1.29, 1.82) is 0 Å². The quantitative estimate of drug-likeness (QED) is 0.536. The zero-order valence-electron chi connectivity index (χ0n) is 10.8. The van der Waals surface area contributed by atoms with Crippen molar-refractivity contribution in [3.63, 3.8) is 0 Å². The average Bonchev–Trinajstić information content (AvgIpc) is 2.59. The van der Waals surface area contributed by atoms with E-state index in [2.05, 4.69) is 62.7 Å². The molecule has 0 amide bonds. The van der Waals surface area contributed by atoms with Gasteiger partial charge in [-0.25, -0.2) is 0 Å². The summed E-state index contributed by atoms with van der Waals surface area (Å²) in [5, 5.41) is 2.74. The van der Waals surface area contributed by atoms with Crippen molar-refractivity contribution in [2.75, 3.05) is 0 Å². The lowest BCUT2D eigenvalue weighted by atomic mass is 10.0. The topological polar surface area (TPSA) is 4.93 Å². The van der Waals surface area contributed by atoms with Crippen LogP contribution in [0, 0.1) is 20.8 Å². The molecular weight excluding hydrogens is 206 g/mol. The zero-order chi connectivity index (χ0) is 12.2. The van der Waals surface area contributed by atoms with E-state index >= 15 is 0 Å². The largest absolute Gasteiger partial charge is 0.343 e. The number of hydrogen-bond donors (Lipinski definition) is 0. The molecule has 0 spiro atoms. The molecule has 0 aliphatic carbocycles. The number of aryl methyl sites for hydroxylation is 4. The molecular formula is C16H17N. The van der Waals surface area contributed by atoms with Gasteiger partial charge in [0.05, 0.1) is 11.0 Å².